The smallest absolute Gasteiger partial charge is 0.267 e. The Hall–Kier alpha value is -2.43. The SMILES string of the molecule is NC(=O)c1ccc2cc3n(c2n1)C=CC=NC3. The van der Waals surface area contributed by atoms with Gasteiger partial charge in [-0.2, -0.15) is 0 Å². The first-order chi connectivity index (χ1) is 8.25. The second-order valence-corrected chi connectivity index (χ2v) is 3.81. The van der Waals surface area contributed by atoms with E-state index in [0.29, 0.717) is 6.54 Å². The highest BCUT2D eigenvalue weighted by Crippen LogP contribution is 2.20. The number of fused-ring (bicyclic) bond motifs is 3. The van der Waals surface area contributed by atoms with E-state index in [0.717, 1.165) is 16.7 Å². The molecule has 0 saturated heterocycles. The standard InChI is InChI=1S/C12H10N4O/c13-11(17)10-3-2-8-6-9-7-14-4-1-5-16(9)12(8)15-10/h1-6H,7H2,(H2,13,17). The third-order valence-corrected chi connectivity index (χ3v) is 2.70. The predicted octanol–water partition coefficient (Wildman–Crippen LogP) is 1.19. The van der Waals surface area contributed by atoms with Gasteiger partial charge >= 0.3 is 0 Å². The summed E-state index contributed by atoms with van der Waals surface area (Å²) in [7, 11) is 0. The molecule has 2 aromatic rings. The lowest BCUT2D eigenvalue weighted by Crippen LogP contribution is -2.13. The summed E-state index contributed by atoms with van der Waals surface area (Å²) in [6.45, 7) is 0.606. The molecule has 0 bridgehead atoms. The monoisotopic (exact) mass is 226 g/mol. The first kappa shape index (κ1) is 9.77. The molecule has 84 valence electrons. The molecule has 1 aliphatic heterocycles. The van der Waals surface area contributed by atoms with Gasteiger partial charge in [0.2, 0.25) is 0 Å². The molecule has 3 rings (SSSR count). The van der Waals surface area contributed by atoms with Crippen LogP contribution in [0.2, 0.25) is 0 Å². The van der Waals surface area contributed by atoms with Crippen LogP contribution in [0.4, 0.5) is 0 Å². The molecule has 1 amide bonds. The average molecular weight is 226 g/mol. The molecule has 5 nitrogen and oxygen atoms in total. The van der Waals surface area contributed by atoms with Crippen LogP contribution in [0.25, 0.3) is 17.2 Å². The Labute approximate surface area is 97.3 Å². The maximum atomic E-state index is 11.1. The Morgan fingerprint density at radius 3 is 3.12 bits per heavy atom. The van der Waals surface area contributed by atoms with Crippen LogP contribution >= 0.6 is 0 Å². The zero-order chi connectivity index (χ0) is 11.8. The third-order valence-electron chi connectivity index (χ3n) is 2.70. The van der Waals surface area contributed by atoms with Crippen molar-refractivity contribution in [2.24, 2.45) is 10.7 Å². The Kier molecular flexibility index (Phi) is 2.04. The quantitative estimate of drug-likeness (QED) is 0.793. The molecule has 0 spiro atoms. The molecule has 5 heteroatoms. The first-order valence-electron chi connectivity index (χ1n) is 5.23. The fourth-order valence-corrected chi connectivity index (χ4v) is 1.91. The van der Waals surface area contributed by atoms with E-state index in [9.17, 15) is 4.79 Å². The Bertz CT molecular complexity index is 666. The highest BCUT2D eigenvalue weighted by atomic mass is 16.1. The van der Waals surface area contributed by atoms with Crippen LogP contribution in [0.3, 0.4) is 0 Å². The molecule has 0 fully saturated rings. The summed E-state index contributed by atoms with van der Waals surface area (Å²) >= 11 is 0. The number of allylic oxidation sites excluding steroid dienone is 1. The van der Waals surface area contributed by atoms with Crippen LogP contribution in [0.5, 0.6) is 0 Å². The second-order valence-electron chi connectivity index (χ2n) is 3.81. The highest BCUT2D eigenvalue weighted by molar-refractivity contribution is 5.94. The van der Waals surface area contributed by atoms with Crippen molar-refractivity contribution in [3.63, 3.8) is 0 Å². The summed E-state index contributed by atoms with van der Waals surface area (Å²) < 4.78 is 1.93. The van der Waals surface area contributed by atoms with Crippen molar-refractivity contribution >= 4 is 29.4 Å². The number of pyridine rings is 1. The van der Waals surface area contributed by atoms with E-state index in [1.165, 1.54) is 0 Å². The van der Waals surface area contributed by atoms with Crippen molar-refractivity contribution in [3.05, 3.63) is 35.7 Å². The number of aliphatic imine (C=N–C) groups is 1. The summed E-state index contributed by atoms with van der Waals surface area (Å²) in [6.07, 6.45) is 5.47. The number of amides is 1. The summed E-state index contributed by atoms with van der Waals surface area (Å²) in [4.78, 5) is 19.6. The zero-order valence-electron chi connectivity index (χ0n) is 9.00. The number of hydrogen-bond acceptors (Lipinski definition) is 3. The minimum atomic E-state index is -0.517. The maximum Gasteiger partial charge on any atom is 0.267 e. The molecule has 0 saturated carbocycles. The fraction of sp³-hybridized carbons (Fsp3) is 0.0833. The summed E-state index contributed by atoms with van der Waals surface area (Å²) in [5, 5.41) is 0.978. The lowest BCUT2D eigenvalue weighted by Gasteiger charge is -2.01. The number of rotatable bonds is 1. The Morgan fingerprint density at radius 1 is 1.41 bits per heavy atom. The molecule has 17 heavy (non-hydrogen) atoms. The lowest BCUT2D eigenvalue weighted by molar-refractivity contribution is 0.0996. The average Bonchev–Trinajstić information content (AvgIpc) is 2.51. The van der Waals surface area contributed by atoms with E-state index in [4.69, 9.17) is 5.73 Å². The number of primary amides is 1. The number of hydrogen-bond donors (Lipinski definition) is 1. The molecule has 2 N–H and O–H groups in total. The minimum absolute atomic E-state index is 0.275. The van der Waals surface area contributed by atoms with Crippen LogP contribution in [-0.2, 0) is 6.54 Å². The van der Waals surface area contributed by atoms with Crippen LogP contribution in [0.1, 0.15) is 16.2 Å². The number of aromatic nitrogens is 2. The van der Waals surface area contributed by atoms with Crippen molar-refractivity contribution < 1.29 is 4.79 Å². The maximum absolute atomic E-state index is 11.1. The van der Waals surface area contributed by atoms with Crippen molar-refractivity contribution in [1.82, 2.24) is 9.55 Å². The lowest BCUT2D eigenvalue weighted by atomic mass is 10.3. The van der Waals surface area contributed by atoms with Gasteiger partial charge in [0.15, 0.2) is 0 Å². The molecule has 0 aliphatic carbocycles. The molecular formula is C12H10N4O. The van der Waals surface area contributed by atoms with Gasteiger partial charge in [0, 0.05) is 23.5 Å². The number of nitrogens with zero attached hydrogens (tertiary/aromatic N) is 3. The zero-order valence-corrected chi connectivity index (χ0v) is 9.00. The van der Waals surface area contributed by atoms with Gasteiger partial charge in [0.25, 0.3) is 5.91 Å². The largest absolute Gasteiger partial charge is 0.364 e. The summed E-state index contributed by atoms with van der Waals surface area (Å²) in [5.41, 5.74) is 7.28. The molecule has 0 radical (unpaired) electrons. The van der Waals surface area contributed by atoms with Crippen LogP contribution in [0, 0.1) is 0 Å². The van der Waals surface area contributed by atoms with Crippen molar-refractivity contribution in [3.8, 4) is 0 Å². The first-order valence-corrected chi connectivity index (χ1v) is 5.23. The van der Waals surface area contributed by atoms with Gasteiger partial charge in [-0.15, -0.1) is 0 Å². The minimum Gasteiger partial charge on any atom is -0.364 e. The van der Waals surface area contributed by atoms with E-state index in [1.807, 2.05) is 29.0 Å². The van der Waals surface area contributed by atoms with Crippen LogP contribution < -0.4 is 5.73 Å². The van der Waals surface area contributed by atoms with Gasteiger partial charge < -0.3 is 10.3 Å². The molecular weight excluding hydrogens is 216 g/mol. The highest BCUT2D eigenvalue weighted by Gasteiger charge is 2.11. The molecule has 0 aromatic carbocycles. The Morgan fingerprint density at radius 2 is 2.29 bits per heavy atom. The molecule has 0 unspecified atom stereocenters. The molecule has 3 heterocycles. The number of carbonyl (C=O) groups excluding carboxylic acids is 1. The number of carbonyl (C=O) groups is 1. The van der Waals surface area contributed by atoms with Gasteiger partial charge in [-0.1, -0.05) is 0 Å². The Balaban J connectivity index is 2.28. The van der Waals surface area contributed by atoms with Crippen LogP contribution in [-0.4, -0.2) is 21.7 Å². The van der Waals surface area contributed by atoms with Crippen molar-refractivity contribution in [2.75, 3.05) is 0 Å². The van der Waals surface area contributed by atoms with E-state index < -0.39 is 5.91 Å². The van der Waals surface area contributed by atoms with E-state index >= 15 is 0 Å². The van der Waals surface area contributed by atoms with E-state index in [-0.39, 0.29) is 5.69 Å². The number of nitrogens with two attached hydrogens (primary N) is 1. The summed E-state index contributed by atoms with van der Waals surface area (Å²) in [5.74, 6) is -0.517. The topological polar surface area (TPSA) is 73.3 Å². The van der Waals surface area contributed by atoms with E-state index in [2.05, 4.69) is 9.98 Å². The predicted molar refractivity (Wildman–Crippen MR) is 65.8 cm³/mol. The van der Waals surface area contributed by atoms with Gasteiger partial charge in [-0.3, -0.25) is 9.79 Å². The molecule has 1 aliphatic rings. The second kappa shape index (κ2) is 3.55. The molecule has 0 atom stereocenters. The molecule has 2 aromatic heterocycles. The van der Waals surface area contributed by atoms with Gasteiger partial charge in [0.05, 0.1) is 6.54 Å². The van der Waals surface area contributed by atoms with Crippen molar-refractivity contribution in [1.29, 1.82) is 0 Å². The fourth-order valence-electron chi connectivity index (χ4n) is 1.91. The van der Waals surface area contributed by atoms with Gasteiger partial charge in [0.1, 0.15) is 11.3 Å². The third kappa shape index (κ3) is 1.52. The van der Waals surface area contributed by atoms with Gasteiger partial charge in [-0.25, -0.2) is 4.98 Å². The van der Waals surface area contributed by atoms with E-state index in [1.54, 1.807) is 12.3 Å². The van der Waals surface area contributed by atoms with Crippen LogP contribution in [0.15, 0.2) is 29.3 Å². The summed E-state index contributed by atoms with van der Waals surface area (Å²) in [6, 6.07) is 5.50. The van der Waals surface area contributed by atoms with Gasteiger partial charge in [-0.05, 0) is 24.3 Å². The normalized spacial score (nSPS) is 13.6. The van der Waals surface area contributed by atoms with Crippen molar-refractivity contribution in [2.45, 2.75) is 6.54 Å².